The first-order valence-electron chi connectivity index (χ1n) is 9.66. The van der Waals surface area contributed by atoms with Gasteiger partial charge in [0, 0.05) is 16.9 Å². The lowest BCUT2D eigenvalue weighted by atomic mass is 10.1. The predicted molar refractivity (Wildman–Crippen MR) is 121 cm³/mol. The molecule has 2 amide bonds. The number of hydrogen-bond acceptors (Lipinski definition) is 5. The number of para-hydroxylation sites is 2. The lowest BCUT2D eigenvalue weighted by Gasteiger charge is -2.13. The Bertz CT molecular complexity index is 1090. The first kappa shape index (κ1) is 21.6. The number of ketones is 1. The van der Waals surface area contributed by atoms with Gasteiger partial charge in [0.1, 0.15) is 5.75 Å². The van der Waals surface area contributed by atoms with Crippen LogP contribution in [0.2, 0.25) is 0 Å². The van der Waals surface area contributed by atoms with E-state index in [-0.39, 0.29) is 24.1 Å². The third-order valence-corrected chi connectivity index (χ3v) is 4.54. The number of amides is 2. The molecule has 7 heteroatoms. The van der Waals surface area contributed by atoms with Crippen LogP contribution in [0, 0.1) is 0 Å². The molecule has 0 fully saturated rings. The van der Waals surface area contributed by atoms with E-state index in [9.17, 15) is 14.4 Å². The Morgan fingerprint density at radius 3 is 2.03 bits per heavy atom. The molecule has 3 aromatic carbocycles. The molecular weight excluding hydrogens is 394 g/mol. The second kappa shape index (κ2) is 10.1. The maximum Gasteiger partial charge on any atom is 0.257 e. The molecule has 0 spiro atoms. The SMILES string of the molecule is COc1ccc(NC(=O)c2ccccc2NCC(=O)Nc2ccccc2C(C)=O)cc1. The third-order valence-electron chi connectivity index (χ3n) is 4.54. The number of nitrogens with one attached hydrogen (secondary N) is 3. The molecule has 0 aromatic heterocycles. The summed E-state index contributed by atoms with van der Waals surface area (Å²) in [5.74, 6) is -0.0866. The van der Waals surface area contributed by atoms with Crippen molar-refractivity contribution in [2.75, 3.05) is 29.6 Å². The number of rotatable bonds is 8. The van der Waals surface area contributed by atoms with Crippen molar-refractivity contribution in [3.8, 4) is 5.75 Å². The minimum absolute atomic E-state index is 0.0704. The number of Topliss-reactive ketones (excluding diaryl/α,β-unsaturated/α-hetero) is 1. The van der Waals surface area contributed by atoms with Crippen LogP contribution in [0.3, 0.4) is 0 Å². The van der Waals surface area contributed by atoms with Gasteiger partial charge in [0.25, 0.3) is 5.91 Å². The van der Waals surface area contributed by atoms with Crippen molar-refractivity contribution < 1.29 is 19.1 Å². The van der Waals surface area contributed by atoms with E-state index in [1.165, 1.54) is 6.92 Å². The van der Waals surface area contributed by atoms with Gasteiger partial charge in [-0.3, -0.25) is 14.4 Å². The Morgan fingerprint density at radius 2 is 1.39 bits per heavy atom. The lowest BCUT2D eigenvalue weighted by molar-refractivity contribution is -0.114. The number of carbonyl (C=O) groups excluding carboxylic acids is 3. The number of anilines is 3. The van der Waals surface area contributed by atoms with E-state index < -0.39 is 0 Å². The number of hydrogen-bond donors (Lipinski definition) is 3. The van der Waals surface area contributed by atoms with Gasteiger partial charge in [-0.05, 0) is 55.5 Å². The van der Waals surface area contributed by atoms with Gasteiger partial charge in [-0.2, -0.15) is 0 Å². The first-order valence-corrected chi connectivity index (χ1v) is 9.66. The summed E-state index contributed by atoms with van der Waals surface area (Å²) in [6, 6.07) is 20.7. The molecule has 0 atom stereocenters. The molecule has 0 aliphatic carbocycles. The molecular formula is C24H23N3O4. The quantitative estimate of drug-likeness (QED) is 0.477. The van der Waals surface area contributed by atoms with Gasteiger partial charge < -0.3 is 20.7 Å². The molecule has 3 N–H and O–H groups in total. The molecule has 0 unspecified atom stereocenters. The van der Waals surface area contributed by atoms with Crippen LogP contribution in [-0.4, -0.2) is 31.3 Å². The fourth-order valence-electron chi connectivity index (χ4n) is 2.98. The Labute approximate surface area is 180 Å². The van der Waals surface area contributed by atoms with Crippen LogP contribution in [0.15, 0.2) is 72.8 Å². The maximum absolute atomic E-state index is 12.7. The summed E-state index contributed by atoms with van der Waals surface area (Å²) in [5, 5.41) is 8.54. The Morgan fingerprint density at radius 1 is 0.774 bits per heavy atom. The lowest BCUT2D eigenvalue weighted by Crippen LogP contribution is -2.24. The number of benzene rings is 3. The molecule has 158 valence electrons. The number of methoxy groups -OCH3 is 1. The van der Waals surface area contributed by atoms with Crippen molar-refractivity contribution in [3.63, 3.8) is 0 Å². The largest absolute Gasteiger partial charge is 0.497 e. The van der Waals surface area contributed by atoms with Crippen LogP contribution in [-0.2, 0) is 4.79 Å². The van der Waals surface area contributed by atoms with Crippen LogP contribution in [0.5, 0.6) is 5.75 Å². The van der Waals surface area contributed by atoms with Gasteiger partial charge in [-0.25, -0.2) is 0 Å². The summed E-state index contributed by atoms with van der Waals surface area (Å²) >= 11 is 0. The van der Waals surface area contributed by atoms with Crippen molar-refractivity contribution >= 4 is 34.7 Å². The van der Waals surface area contributed by atoms with Gasteiger partial charge in [0.05, 0.1) is 24.9 Å². The first-order chi connectivity index (χ1) is 15.0. The highest BCUT2D eigenvalue weighted by atomic mass is 16.5. The number of carbonyl (C=O) groups is 3. The second-order valence-corrected chi connectivity index (χ2v) is 6.73. The zero-order valence-corrected chi connectivity index (χ0v) is 17.3. The van der Waals surface area contributed by atoms with Crippen LogP contribution in [0.1, 0.15) is 27.6 Å². The van der Waals surface area contributed by atoms with Gasteiger partial charge in [-0.1, -0.05) is 24.3 Å². The molecule has 0 radical (unpaired) electrons. The van der Waals surface area contributed by atoms with Crippen molar-refractivity contribution in [2.24, 2.45) is 0 Å². The van der Waals surface area contributed by atoms with Crippen molar-refractivity contribution in [1.82, 2.24) is 0 Å². The summed E-state index contributed by atoms with van der Waals surface area (Å²) in [6.45, 7) is 1.37. The van der Waals surface area contributed by atoms with Crippen molar-refractivity contribution in [2.45, 2.75) is 6.92 Å². The van der Waals surface area contributed by atoms with Crippen LogP contribution in [0.25, 0.3) is 0 Å². The third kappa shape index (κ3) is 5.70. The summed E-state index contributed by atoms with van der Waals surface area (Å²) in [6.07, 6.45) is 0. The minimum atomic E-state index is -0.334. The molecule has 0 aliphatic rings. The van der Waals surface area contributed by atoms with E-state index >= 15 is 0 Å². The Balaban J connectivity index is 1.65. The molecule has 0 aliphatic heterocycles. The zero-order valence-electron chi connectivity index (χ0n) is 17.3. The smallest absolute Gasteiger partial charge is 0.257 e. The van der Waals surface area contributed by atoms with Gasteiger partial charge in [0.2, 0.25) is 5.91 Å². The average molecular weight is 417 g/mol. The molecule has 0 bridgehead atoms. The Kier molecular flexibility index (Phi) is 7.01. The van der Waals surface area contributed by atoms with Gasteiger partial charge in [0.15, 0.2) is 5.78 Å². The van der Waals surface area contributed by atoms with Crippen LogP contribution >= 0.6 is 0 Å². The molecule has 3 aromatic rings. The Hall–Kier alpha value is -4.13. The molecule has 7 nitrogen and oxygen atoms in total. The molecule has 0 heterocycles. The molecule has 0 saturated heterocycles. The standard InChI is InChI=1S/C24H23N3O4/c1-16(28)19-7-3-6-10-22(19)27-23(29)15-25-21-9-5-4-8-20(21)24(30)26-17-11-13-18(31-2)14-12-17/h3-14,25H,15H2,1-2H3,(H,26,30)(H,27,29). The highest BCUT2D eigenvalue weighted by molar-refractivity contribution is 6.09. The fourth-order valence-corrected chi connectivity index (χ4v) is 2.98. The van der Waals surface area contributed by atoms with E-state index in [1.54, 1.807) is 79.9 Å². The van der Waals surface area contributed by atoms with Crippen LogP contribution in [0.4, 0.5) is 17.1 Å². The zero-order chi connectivity index (χ0) is 22.2. The maximum atomic E-state index is 12.7. The fraction of sp³-hybridized carbons (Fsp3) is 0.125. The van der Waals surface area contributed by atoms with Crippen molar-refractivity contribution in [3.05, 3.63) is 83.9 Å². The summed E-state index contributed by atoms with van der Waals surface area (Å²) in [4.78, 5) is 36.8. The van der Waals surface area contributed by atoms with E-state index in [0.29, 0.717) is 33.9 Å². The summed E-state index contributed by atoms with van der Waals surface area (Å²) < 4.78 is 5.12. The van der Waals surface area contributed by atoms with E-state index in [4.69, 9.17) is 4.74 Å². The van der Waals surface area contributed by atoms with Crippen molar-refractivity contribution in [1.29, 1.82) is 0 Å². The highest BCUT2D eigenvalue weighted by Crippen LogP contribution is 2.20. The predicted octanol–water partition coefficient (Wildman–Crippen LogP) is 4.20. The molecule has 3 rings (SSSR count). The topological polar surface area (TPSA) is 96.5 Å². The second-order valence-electron chi connectivity index (χ2n) is 6.73. The highest BCUT2D eigenvalue weighted by Gasteiger charge is 2.13. The summed E-state index contributed by atoms with van der Waals surface area (Å²) in [5.41, 5.74) is 2.43. The minimum Gasteiger partial charge on any atom is -0.497 e. The van der Waals surface area contributed by atoms with Gasteiger partial charge >= 0.3 is 0 Å². The van der Waals surface area contributed by atoms with E-state index in [1.807, 2.05) is 0 Å². The summed E-state index contributed by atoms with van der Waals surface area (Å²) in [7, 11) is 1.57. The normalized spacial score (nSPS) is 10.1. The van der Waals surface area contributed by atoms with E-state index in [0.717, 1.165) is 0 Å². The van der Waals surface area contributed by atoms with E-state index in [2.05, 4.69) is 16.0 Å². The molecule has 0 saturated carbocycles. The average Bonchev–Trinajstić information content (AvgIpc) is 2.78. The monoisotopic (exact) mass is 417 g/mol. The number of ether oxygens (including phenoxy) is 1. The van der Waals surface area contributed by atoms with Gasteiger partial charge in [-0.15, -0.1) is 0 Å². The molecule has 31 heavy (non-hydrogen) atoms. The van der Waals surface area contributed by atoms with Crippen LogP contribution < -0.4 is 20.7 Å².